The Labute approximate surface area is 154 Å². The van der Waals surface area contributed by atoms with Crippen molar-refractivity contribution < 1.29 is 4.79 Å². The van der Waals surface area contributed by atoms with Crippen molar-refractivity contribution in [3.63, 3.8) is 0 Å². The first kappa shape index (κ1) is 17.1. The van der Waals surface area contributed by atoms with Crippen LogP contribution in [0.4, 0.5) is 17.1 Å². The SMILES string of the molecule is O=C(Nc1ccc(N=Nc2ccccc2)cc1)c1ccc(Cl)nc1Cl. The lowest BCUT2D eigenvalue weighted by atomic mass is 10.2. The maximum Gasteiger partial charge on any atom is 0.258 e. The van der Waals surface area contributed by atoms with Crippen LogP contribution in [0.2, 0.25) is 10.3 Å². The van der Waals surface area contributed by atoms with Crippen molar-refractivity contribution in [3.8, 4) is 0 Å². The molecular formula is C18H12Cl2N4O. The Morgan fingerprint density at radius 3 is 2.12 bits per heavy atom. The van der Waals surface area contributed by atoms with Gasteiger partial charge in [-0.05, 0) is 48.5 Å². The lowest BCUT2D eigenvalue weighted by Crippen LogP contribution is -2.12. The largest absolute Gasteiger partial charge is 0.322 e. The van der Waals surface area contributed by atoms with E-state index in [1.807, 2.05) is 30.3 Å². The monoisotopic (exact) mass is 370 g/mol. The minimum Gasteiger partial charge on any atom is -0.322 e. The third-order valence-electron chi connectivity index (χ3n) is 3.22. The molecule has 1 aromatic heterocycles. The maximum atomic E-state index is 12.2. The molecule has 0 aliphatic heterocycles. The van der Waals surface area contributed by atoms with Gasteiger partial charge in [-0.2, -0.15) is 10.2 Å². The average molecular weight is 371 g/mol. The number of anilines is 1. The summed E-state index contributed by atoms with van der Waals surface area (Å²) in [5.74, 6) is -0.368. The summed E-state index contributed by atoms with van der Waals surface area (Å²) in [5.41, 5.74) is 2.30. The number of azo groups is 1. The quantitative estimate of drug-likeness (QED) is 0.448. The zero-order valence-corrected chi connectivity index (χ0v) is 14.4. The van der Waals surface area contributed by atoms with Gasteiger partial charge in [0.25, 0.3) is 5.91 Å². The molecule has 0 atom stereocenters. The molecule has 3 rings (SSSR count). The molecule has 1 heterocycles. The molecule has 0 radical (unpaired) electrons. The molecule has 5 nitrogen and oxygen atoms in total. The van der Waals surface area contributed by atoms with E-state index in [0.717, 1.165) is 5.69 Å². The van der Waals surface area contributed by atoms with E-state index in [2.05, 4.69) is 20.5 Å². The van der Waals surface area contributed by atoms with Crippen LogP contribution in [-0.2, 0) is 0 Å². The number of nitrogens with one attached hydrogen (secondary N) is 1. The normalized spacial score (nSPS) is 10.8. The van der Waals surface area contributed by atoms with E-state index < -0.39 is 0 Å². The molecule has 0 saturated carbocycles. The number of aromatic nitrogens is 1. The molecule has 124 valence electrons. The molecule has 2 aromatic carbocycles. The van der Waals surface area contributed by atoms with E-state index in [9.17, 15) is 4.79 Å². The Hall–Kier alpha value is -2.76. The number of rotatable bonds is 4. The zero-order chi connectivity index (χ0) is 17.6. The highest BCUT2D eigenvalue weighted by atomic mass is 35.5. The highest BCUT2D eigenvalue weighted by Gasteiger charge is 2.12. The number of carbonyl (C=O) groups excluding carboxylic acids is 1. The lowest BCUT2D eigenvalue weighted by Gasteiger charge is -2.06. The topological polar surface area (TPSA) is 66.7 Å². The van der Waals surface area contributed by atoms with Crippen LogP contribution in [0.5, 0.6) is 0 Å². The van der Waals surface area contributed by atoms with Gasteiger partial charge in [0.1, 0.15) is 10.3 Å². The second kappa shape index (κ2) is 7.88. The third kappa shape index (κ3) is 4.62. The van der Waals surface area contributed by atoms with Gasteiger partial charge in [0.15, 0.2) is 0 Å². The smallest absolute Gasteiger partial charge is 0.258 e. The van der Waals surface area contributed by atoms with Crippen LogP contribution in [-0.4, -0.2) is 10.9 Å². The molecule has 7 heteroatoms. The van der Waals surface area contributed by atoms with Gasteiger partial charge >= 0.3 is 0 Å². The average Bonchev–Trinajstić information content (AvgIpc) is 2.62. The fourth-order valence-electron chi connectivity index (χ4n) is 2.00. The summed E-state index contributed by atoms with van der Waals surface area (Å²) >= 11 is 11.7. The molecule has 0 aliphatic carbocycles. The van der Waals surface area contributed by atoms with Crippen molar-refractivity contribution in [1.29, 1.82) is 0 Å². The molecule has 0 saturated heterocycles. The predicted octanol–water partition coefficient (Wildman–Crippen LogP) is 6.06. The fraction of sp³-hybridized carbons (Fsp3) is 0. The molecule has 0 fully saturated rings. The van der Waals surface area contributed by atoms with Crippen molar-refractivity contribution >= 4 is 46.2 Å². The molecule has 0 unspecified atom stereocenters. The Morgan fingerprint density at radius 2 is 1.48 bits per heavy atom. The van der Waals surface area contributed by atoms with Crippen LogP contribution in [0, 0.1) is 0 Å². The van der Waals surface area contributed by atoms with E-state index in [4.69, 9.17) is 23.2 Å². The Balaban J connectivity index is 1.68. The Kier molecular flexibility index (Phi) is 5.38. The van der Waals surface area contributed by atoms with Crippen LogP contribution >= 0.6 is 23.2 Å². The van der Waals surface area contributed by atoms with Gasteiger partial charge in [0.05, 0.1) is 16.9 Å². The first-order valence-electron chi connectivity index (χ1n) is 7.32. The highest BCUT2D eigenvalue weighted by molar-refractivity contribution is 6.35. The summed E-state index contributed by atoms with van der Waals surface area (Å²) in [5, 5.41) is 11.3. The van der Waals surface area contributed by atoms with Crippen LogP contribution in [0.25, 0.3) is 0 Å². The Bertz CT molecular complexity index is 912. The fourth-order valence-corrected chi connectivity index (χ4v) is 2.43. The van der Waals surface area contributed by atoms with Crippen LogP contribution in [0.1, 0.15) is 10.4 Å². The van der Waals surface area contributed by atoms with Crippen LogP contribution < -0.4 is 5.32 Å². The molecule has 25 heavy (non-hydrogen) atoms. The van der Waals surface area contributed by atoms with Crippen molar-refractivity contribution in [2.24, 2.45) is 10.2 Å². The number of benzene rings is 2. The number of nitrogens with zero attached hydrogens (tertiary/aromatic N) is 3. The van der Waals surface area contributed by atoms with E-state index >= 15 is 0 Å². The summed E-state index contributed by atoms with van der Waals surface area (Å²) in [6, 6.07) is 19.4. The predicted molar refractivity (Wildman–Crippen MR) is 99.3 cm³/mol. The molecule has 0 bridgehead atoms. The summed E-state index contributed by atoms with van der Waals surface area (Å²) in [6.45, 7) is 0. The summed E-state index contributed by atoms with van der Waals surface area (Å²) in [4.78, 5) is 16.1. The molecule has 0 aliphatic rings. The standard InChI is InChI=1S/C18H12Cl2N4O/c19-16-11-10-15(17(20)22-16)18(25)21-12-6-8-14(9-7-12)24-23-13-4-2-1-3-5-13/h1-11H,(H,21,25). The number of hydrogen-bond acceptors (Lipinski definition) is 4. The number of halogens is 2. The minimum absolute atomic E-state index is 0.0540. The summed E-state index contributed by atoms with van der Waals surface area (Å²) in [6.07, 6.45) is 0. The second-order valence-corrected chi connectivity index (χ2v) is 5.75. The summed E-state index contributed by atoms with van der Waals surface area (Å²) < 4.78 is 0. The van der Waals surface area contributed by atoms with Gasteiger partial charge in [-0.1, -0.05) is 41.4 Å². The van der Waals surface area contributed by atoms with Crippen LogP contribution in [0.3, 0.4) is 0 Å². The van der Waals surface area contributed by atoms with Crippen molar-refractivity contribution in [2.75, 3.05) is 5.32 Å². The number of amides is 1. The van der Waals surface area contributed by atoms with Gasteiger partial charge in [-0.15, -0.1) is 0 Å². The minimum atomic E-state index is -0.368. The van der Waals surface area contributed by atoms with Gasteiger partial charge < -0.3 is 5.32 Å². The van der Waals surface area contributed by atoms with Crippen molar-refractivity contribution in [3.05, 3.63) is 82.6 Å². The molecule has 1 amide bonds. The highest BCUT2D eigenvalue weighted by Crippen LogP contribution is 2.22. The van der Waals surface area contributed by atoms with E-state index in [-0.39, 0.29) is 21.8 Å². The van der Waals surface area contributed by atoms with E-state index in [1.165, 1.54) is 12.1 Å². The molecule has 1 N–H and O–H groups in total. The van der Waals surface area contributed by atoms with Crippen LogP contribution in [0.15, 0.2) is 77.0 Å². The summed E-state index contributed by atoms with van der Waals surface area (Å²) in [7, 11) is 0. The van der Waals surface area contributed by atoms with Gasteiger partial charge in [-0.3, -0.25) is 4.79 Å². The van der Waals surface area contributed by atoms with E-state index in [1.54, 1.807) is 24.3 Å². The van der Waals surface area contributed by atoms with Crippen molar-refractivity contribution in [2.45, 2.75) is 0 Å². The number of carbonyl (C=O) groups is 1. The maximum absolute atomic E-state index is 12.2. The Morgan fingerprint density at radius 1 is 0.840 bits per heavy atom. The third-order valence-corrected chi connectivity index (χ3v) is 3.72. The van der Waals surface area contributed by atoms with Crippen molar-refractivity contribution in [1.82, 2.24) is 4.98 Å². The number of hydrogen-bond donors (Lipinski definition) is 1. The van der Waals surface area contributed by atoms with Gasteiger partial charge in [-0.25, -0.2) is 4.98 Å². The lowest BCUT2D eigenvalue weighted by molar-refractivity contribution is 0.102. The second-order valence-electron chi connectivity index (χ2n) is 5.01. The first-order valence-corrected chi connectivity index (χ1v) is 8.08. The van der Waals surface area contributed by atoms with Gasteiger partial charge in [0.2, 0.25) is 0 Å². The van der Waals surface area contributed by atoms with E-state index in [0.29, 0.717) is 11.4 Å². The molecule has 3 aromatic rings. The number of pyridine rings is 1. The zero-order valence-electron chi connectivity index (χ0n) is 12.9. The molecule has 0 spiro atoms. The van der Waals surface area contributed by atoms with Gasteiger partial charge in [0, 0.05) is 5.69 Å². The first-order chi connectivity index (χ1) is 12.1. The molecular weight excluding hydrogens is 359 g/mol.